The highest BCUT2D eigenvalue weighted by molar-refractivity contribution is 7.85. The fraction of sp³-hybridized carbons (Fsp3) is 0.333. The minimum absolute atomic E-state index is 0.114. The van der Waals surface area contributed by atoms with Crippen molar-refractivity contribution >= 4 is 76.8 Å². The first-order chi connectivity index (χ1) is 31.3. The molecule has 0 spiro atoms. The van der Waals surface area contributed by atoms with Gasteiger partial charge in [-0.3, -0.25) is 14.6 Å². The monoisotopic (exact) mass is 932 g/mol. The van der Waals surface area contributed by atoms with Gasteiger partial charge in [-0.25, -0.2) is 8.42 Å². The van der Waals surface area contributed by atoms with Crippen molar-refractivity contribution in [3.63, 3.8) is 0 Å². The second-order valence-electron chi connectivity index (χ2n) is 17.5. The van der Waals surface area contributed by atoms with Crippen molar-refractivity contribution in [3.8, 4) is 0 Å². The molecule has 1 aromatic heterocycles. The lowest BCUT2D eigenvalue weighted by atomic mass is 9.79. The zero-order valence-corrected chi connectivity index (χ0v) is 39.5. The Kier molecular flexibility index (Phi) is 15.6. The van der Waals surface area contributed by atoms with Crippen LogP contribution in [0.2, 0.25) is 0 Å². The van der Waals surface area contributed by atoms with Crippen molar-refractivity contribution in [3.05, 3.63) is 144 Å². The Morgan fingerprint density at radius 2 is 1.50 bits per heavy atom. The molecule has 2 aliphatic heterocycles. The van der Waals surface area contributed by atoms with Gasteiger partial charge in [-0.05, 0) is 96.6 Å². The Labute approximate surface area is 388 Å². The van der Waals surface area contributed by atoms with E-state index in [9.17, 15) is 22.6 Å². The number of allylic oxidation sites excluding steroid dienone is 6. The highest BCUT2D eigenvalue weighted by atomic mass is 32.2. The number of nitrogens with zero attached hydrogens (tertiary/aromatic N) is 3. The topological polar surface area (TPSA) is 194 Å². The van der Waals surface area contributed by atoms with E-state index in [4.69, 9.17) is 22.7 Å². The Hall–Kier alpha value is -6.29. The molecular formula is C51H56N4O9S2. The standard InChI is InChI=1S/C51H56N4O6S.O3S/c1-6-31-54-42-26-21-35-15-9-11-17-39(35)47(42)50(2,3)44(54)28-23-37(41-25-20-38(34-53-41)49(58)52-30-13-7-8-19-46(56)57)24-29-45-51(4,5)48-40-18-12-10-16-36(40)22-27-43(48)55(45)32-14-33-62(59,60)61;1-4(2)3/h9-12,15-18,20-29,34H,6-8,13-14,19,30-33H2,1-5H3,(H2-,52,56,57,58,59,60,61);. The molecule has 2 aliphatic rings. The summed E-state index contributed by atoms with van der Waals surface area (Å²) in [5.74, 6) is -1.53. The molecule has 0 aliphatic carbocycles. The molecule has 0 radical (unpaired) electrons. The summed E-state index contributed by atoms with van der Waals surface area (Å²) in [5, 5.41) is 16.5. The van der Waals surface area contributed by atoms with Gasteiger partial charge >= 0.3 is 16.6 Å². The first kappa shape index (κ1) is 49.2. The van der Waals surface area contributed by atoms with Crippen LogP contribution in [0.5, 0.6) is 0 Å². The number of aliphatic carboxylic acids is 1. The van der Waals surface area contributed by atoms with E-state index in [1.54, 1.807) is 12.3 Å². The number of anilines is 1. The molecule has 15 heteroatoms. The van der Waals surface area contributed by atoms with Crippen molar-refractivity contribution < 1.29 is 44.9 Å². The molecule has 1 amide bonds. The molecule has 7 rings (SSSR count). The molecule has 0 saturated carbocycles. The molecule has 0 atom stereocenters. The van der Waals surface area contributed by atoms with Crippen LogP contribution < -0.4 is 10.2 Å². The highest BCUT2D eigenvalue weighted by Crippen LogP contribution is 2.51. The quantitative estimate of drug-likeness (QED) is 0.0392. The van der Waals surface area contributed by atoms with Crippen LogP contribution in [0.3, 0.4) is 0 Å². The predicted octanol–water partition coefficient (Wildman–Crippen LogP) is 8.80. The molecule has 13 nitrogen and oxygen atoms in total. The van der Waals surface area contributed by atoms with Crippen LogP contribution in [-0.2, 0) is 36.4 Å². The third-order valence-corrected chi connectivity index (χ3v) is 13.0. The van der Waals surface area contributed by atoms with Crippen molar-refractivity contribution in [1.82, 2.24) is 10.3 Å². The summed E-state index contributed by atoms with van der Waals surface area (Å²) in [6.45, 7) is 12.7. The number of unbranched alkanes of at least 4 members (excludes halogenated alkanes) is 2. The van der Waals surface area contributed by atoms with Crippen molar-refractivity contribution in [1.29, 1.82) is 0 Å². The van der Waals surface area contributed by atoms with Crippen LogP contribution in [0.1, 0.15) is 100 Å². The maximum absolute atomic E-state index is 13.1. The second-order valence-corrected chi connectivity index (χ2v) is 19.5. The Morgan fingerprint density at radius 3 is 2.12 bits per heavy atom. The molecule has 0 saturated heterocycles. The van der Waals surface area contributed by atoms with Crippen molar-refractivity contribution in [2.75, 3.05) is 30.3 Å². The Bertz CT molecular complexity index is 3000. The average molecular weight is 933 g/mol. The smallest absolute Gasteiger partial charge is 0.425 e. The summed E-state index contributed by atoms with van der Waals surface area (Å²) in [6.07, 6.45) is 13.2. The lowest BCUT2D eigenvalue weighted by molar-refractivity contribution is -0.437. The molecule has 346 valence electrons. The largest absolute Gasteiger partial charge is 0.748 e. The van der Waals surface area contributed by atoms with Crippen LogP contribution in [-0.4, -0.2) is 83.2 Å². The normalized spacial score (nSPS) is 15.8. The van der Waals surface area contributed by atoms with E-state index in [1.165, 1.54) is 22.0 Å². The molecular weight excluding hydrogens is 877 g/mol. The number of carboxylic acids is 1. The van der Waals surface area contributed by atoms with Crippen molar-refractivity contribution in [2.24, 2.45) is 0 Å². The Morgan fingerprint density at radius 1 is 0.848 bits per heavy atom. The number of pyridine rings is 1. The fourth-order valence-electron chi connectivity index (χ4n) is 9.32. The lowest BCUT2D eigenvalue weighted by Gasteiger charge is -2.27. The number of hydrogen-bond acceptors (Lipinski definition) is 10. The summed E-state index contributed by atoms with van der Waals surface area (Å²) in [4.78, 5) is 31.3. The second kappa shape index (κ2) is 20.9. The Balaban J connectivity index is 0.00000173. The minimum Gasteiger partial charge on any atom is -0.748 e. The minimum atomic E-state index is -4.40. The number of carbonyl (C=O) groups excluding carboxylic acids is 1. The maximum atomic E-state index is 13.1. The van der Waals surface area contributed by atoms with E-state index < -0.39 is 37.9 Å². The summed E-state index contributed by atoms with van der Waals surface area (Å²) in [7, 11) is -7.51. The predicted molar refractivity (Wildman–Crippen MR) is 258 cm³/mol. The summed E-state index contributed by atoms with van der Waals surface area (Å²) < 4.78 is 62.7. The third-order valence-electron chi connectivity index (χ3n) is 12.2. The zero-order chi connectivity index (χ0) is 47.8. The van der Waals surface area contributed by atoms with E-state index in [2.05, 4.69) is 128 Å². The summed E-state index contributed by atoms with van der Waals surface area (Å²) >= 11 is 0. The van der Waals surface area contributed by atoms with Gasteiger partial charge in [-0.1, -0.05) is 87.9 Å². The molecule has 4 aromatic carbocycles. The molecule has 66 heavy (non-hydrogen) atoms. The maximum Gasteiger partial charge on any atom is 0.425 e. The van der Waals surface area contributed by atoms with Crippen molar-refractivity contribution in [2.45, 2.75) is 84.0 Å². The molecule has 0 unspecified atom stereocenters. The van der Waals surface area contributed by atoms with Gasteiger partial charge < -0.3 is 19.9 Å². The van der Waals surface area contributed by atoms with Crippen LogP contribution >= 0.6 is 0 Å². The number of carbonyl (C=O) groups is 2. The molecule has 3 heterocycles. The summed E-state index contributed by atoms with van der Waals surface area (Å²) in [5.41, 5.74) is 7.78. The number of hydrogen-bond donors (Lipinski definition) is 2. The van der Waals surface area contributed by atoms with Crippen LogP contribution in [0.15, 0.2) is 121 Å². The van der Waals surface area contributed by atoms with Gasteiger partial charge in [0, 0.05) is 78.0 Å². The number of nitrogens with one attached hydrogen (secondary N) is 1. The molecule has 2 N–H and O–H groups in total. The average Bonchev–Trinajstić information content (AvgIpc) is 3.62. The van der Waals surface area contributed by atoms with E-state index in [0.29, 0.717) is 43.6 Å². The van der Waals surface area contributed by atoms with Gasteiger partial charge in [0.25, 0.3) is 5.91 Å². The van der Waals surface area contributed by atoms with E-state index >= 15 is 0 Å². The van der Waals surface area contributed by atoms with Gasteiger partial charge in [-0.15, -0.1) is 12.6 Å². The molecule has 0 bridgehead atoms. The van der Waals surface area contributed by atoms with Crippen LogP contribution in [0, 0.1) is 0 Å². The van der Waals surface area contributed by atoms with Gasteiger partial charge in [0.2, 0.25) is 5.69 Å². The number of amides is 1. The van der Waals surface area contributed by atoms with E-state index in [1.807, 2.05) is 24.3 Å². The van der Waals surface area contributed by atoms with Gasteiger partial charge in [0.1, 0.15) is 6.54 Å². The number of carboxylic acid groups (broad SMARTS) is 1. The van der Waals surface area contributed by atoms with Crippen LogP contribution in [0.4, 0.5) is 11.4 Å². The summed E-state index contributed by atoms with van der Waals surface area (Å²) in [6, 6.07) is 29.0. The number of benzene rings is 4. The van der Waals surface area contributed by atoms with E-state index in [-0.39, 0.29) is 24.2 Å². The molecule has 0 fully saturated rings. The molecule has 5 aromatic rings. The zero-order valence-electron chi connectivity index (χ0n) is 37.9. The third kappa shape index (κ3) is 11.2. The first-order valence-electron chi connectivity index (χ1n) is 22.1. The van der Waals surface area contributed by atoms with Gasteiger partial charge in [-0.2, -0.15) is 4.58 Å². The first-order valence-corrected chi connectivity index (χ1v) is 24.7. The highest BCUT2D eigenvalue weighted by Gasteiger charge is 2.45. The SMILES string of the molecule is CCCN1/C(=C/C=C(/C=C/C2=[N+](CCCS(=O)(=O)[O-])c3ccc4ccccc4c3C2(C)C)c2ccc(C(=O)NCCCCCC(=O)O)cn2)C(C)(C)c2c1ccc1ccccc21.O=S(=O)=O. The van der Waals surface area contributed by atoms with Crippen LogP contribution in [0.25, 0.3) is 27.1 Å². The fourth-order valence-corrected chi connectivity index (χ4v) is 9.80. The van der Waals surface area contributed by atoms with Gasteiger partial charge in [0.05, 0.1) is 26.8 Å². The number of rotatable bonds is 17. The lowest BCUT2D eigenvalue weighted by Crippen LogP contribution is -2.28. The van der Waals surface area contributed by atoms with E-state index in [0.717, 1.165) is 52.0 Å². The van der Waals surface area contributed by atoms with Gasteiger partial charge in [0.15, 0.2) is 5.71 Å². The number of fused-ring (bicyclic) bond motifs is 6. The number of aromatic nitrogens is 1.